The molecule has 31 heavy (non-hydrogen) atoms. The van der Waals surface area contributed by atoms with Gasteiger partial charge in [0.2, 0.25) is 5.91 Å². The number of aromatic nitrogens is 1. The molecule has 1 aromatic heterocycles. The lowest BCUT2D eigenvalue weighted by molar-refractivity contribution is -0.117. The Morgan fingerprint density at radius 3 is 2.45 bits per heavy atom. The van der Waals surface area contributed by atoms with Crippen LogP contribution in [-0.4, -0.2) is 29.8 Å². The summed E-state index contributed by atoms with van der Waals surface area (Å²) in [5, 5.41) is 3.26. The van der Waals surface area contributed by atoms with E-state index in [9.17, 15) is 18.0 Å². The van der Waals surface area contributed by atoms with Crippen molar-refractivity contribution in [2.24, 2.45) is 4.99 Å². The maximum atomic E-state index is 12.7. The minimum Gasteiger partial charge on any atom is -0.361 e. The van der Waals surface area contributed by atoms with E-state index in [4.69, 9.17) is 11.6 Å². The predicted molar refractivity (Wildman–Crippen MR) is 122 cm³/mol. The molecule has 0 aromatic carbocycles. The van der Waals surface area contributed by atoms with Gasteiger partial charge in [0.25, 0.3) is 0 Å². The molecule has 1 aliphatic heterocycles. The number of hydrogen-bond donors (Lipinski definition) is 2. The van der Waals surface area contributed by atoms with Gasteiger partial charge in [-0.15, -0.1) is 0 Å². The molecule has 1 amide bonds. The number of alkyl halides is 3. The van der Waals surface area contributed by atoms with Crippen LogP contribution < -0.4 is 5.32 Å². The zero-order chi connectivity index (χ0) is 23.6. The molecule has 0 unspecified atom stereocenters. The topological polar surface area (TPSA) is 57.2 Å². The zero-order valence-corrected chi connectivity index (χ0v) is 18.8. The van der Waals surface area contributed by atoms with Crippen molar-refractivity contribution in [3.05, 3.63) is 76.3 Å². The summed E-state index contributed by atoms with van der Waals surface area (Å²) in [6.07, 6.45) is 4.67. The van der Waals surface area contributed by atoms with Crippen molar-refractivity contribution in [2.75, 3.05) is 6.54 Å². The summed E-state index contributed by atoms with van der Waals surface area (Å²) >= 11 is 5.69. The number of nitrogens with one attached hydrogen (secondary N) is 2. The van der Waals surface area contributed by atoms with Crippen molar-refractivity contribution >= 4 is 29.3 Å². The maximum absolute atomic E-state index is 12.7. The van der Waals surface area contributed by atoms with Gasteiger partial charge >= 0.3 is 6.18 Å². The Hall–Kier alpha value is -2.80. The van der Waals surface area contributed by atoms with Gasteiger partial charge in [-0.3, -0.25) is 9.79 Å². The molecule has 0 fully saturated rings. The molecular weight excluding hydrogens is 427 g/mol. The first kappa shape index (κ1) is 26.2. The number of H-pyrrole nitrogens is 1. The molecule has 0 saturated heterocycles. The molecule has 0 bridgehead atoms. The third-order valence-corrected chi connectivity index (χ3v) is 4.57. The first-order valence-electron chi connectivity index (χ1n) is 9.55. The van der Waals surface area contributed by atoms with E-state index in [1.54, 1.807) is 45.2 Å². The van der Waals surface area contributed by atoms with E-state index in [2.05, 4.69) is 21.9 Å². The Kier molecular flexibility index (Phi) is 10.3. The lowest BCUT2D eigenvalue weighted by Gasteiger charge is -2.12. The fourth-order valence-corrected chi connectivity index (χ4v) is 2.50. The molecule has 0 atom stereocenters. The summed E-state index contributed by atoms with van der Waals surface area (Å²) in [5.41, 5.74) is 1.89. The molecule has 1 aromatic rings. The van der Waals surface area contributed by atoms with Crippen LogP contribution in [-0.2, 0) is 4.79 Å². The van der Waals surface area contributed by atoms with Gasteiger partial charge in [-0.05, 0) is 57.0 Å². The van der Waals surface area contributed by atoms with Crippen LogP contribution in [0.15, 0.2) is 75.6 Å². The van der Waals surface area contributed by atoms with Gasteiger partial charge in [-0.25, -0.2) is 0 Å². The quantitative estimate of drug-likeness (QED) is 0.376. The zero-order valence-electron chi connectivity index (χ0n) is 18.0. The number of hydrogen-bond acceptors (Lipinski definition) is 2. The highest BCUT2D eigenvalue weighted by atomic mass is 35.5. The van der Waals surface area contributed by atoms with Crippen LogP contribution in [0.4, 0.5) is 13.2 Å². The van der Waals surface area contributed by atoms with E-state index in [1.165, 1.54) is 6.92 Å². The molecule has 0 radical (unpaired) electrons. The standard InChI is InChI=1S/C13H14F3N.C10H13ClN2O/c1-4-10(12-6-5-7-17-12)8-11(9(2)3)13(14,15)16;1-7(8(2)11)10(14)13-6-9-4-3-5-12-9/h4-8,17H,2H2,1,3H3;4-5H,3,6H2,1-2H3,(H,13,14)/b10-4+,11-8+;8-7-. The number of aliphatic imine (C=N–C) groups is 1. The van der Waals surface area contributed by atoms with E-state index in [0.717, 1.165) is 18.2 Å². The number of carbonyl (C=O) groups is 1. The second-order valence-corrected chi connectivity index (χ2v) is 7.31. The fourth-order valence-electron chi connectivity index (χ4n) is 2.42. The smallest absolute Gasteiger partial charge is 0.361 e. The molecule has 2 heterocycles. The normalized spacial score (nSPS) is 15.0. The summed E-state index contributed by atoms with van der Waals surface area (Å²) in [5.74, 6) is -0.138. The van der Waals surface area contributed by atoms with E-state index >= 15 is 0 Å². The minimum atomic E-state index is -4.38. The van der Waals surface area contributed by atoms with Gasteiger partial charge in [0.1, 0.15) is 0 Å². The molecule has 0 aliphatic carbocycles. The maximum Gasteiger partial charge on any atom is 0.416 e. The third kappa shape index (κ3) is 8.84. The van der Waals surface area contributed by atoms with Gasteiger partial charge < -0.3 is 10.3 Å². The molecule has 2 rings (SSSR count). The molecular formula is C23H27ClF3N3O. The van der Waals surface area contributed by atoms with Gasteiger partial charge in [0, 0.05) is 35.1 Å². The Morgan fingerprint density at radius 2 is 2.03 bits per heavy atom. The van der Waals surface area contributed by atoms with Gasteiger partial charge in [0.05, 0.1) is 17.8 Å². The number of nitrogens with zero attached hydrogens (tertiary/aromatic N) is 1. The Morgan fingerprint density at radius 1 is 1.35 bits per heavy atom. The average Bonchev–Trinajstić information content (AvgIpc) is 3.39. The minimum absolute atomic E-state index is 0.00315. The Bertz CT molecular complexity index is 930. The Labute approximate surface area is 186 Å². The van der Waals surface area contributed by atoms with E-state index in [0.29, 0.717) is 28.4 Å². The van der Waals surface area contributed by atoms with Crippen LogP contribution in [0.25, 0.3) is 5.57 Å². The lowest BCUT2D eigenvalue weighted by atomic mass is 10.0. The highest BCUT2D eigenvalue weighted by Gasteiger charge is 2.34. The van der Waals surface area contributed by atoms with E-state index in [-0.39, 0.29) is 11.5 Å². The second kappa shape index (κ2) is 12.2. The van der Waals surface area contributed by atoms with Crippen molar-refractivity contribution in [3.8, 4) is 0 Å². The monoisotopic (exact) mass is 453 g/mol. The van der Waals surface area contributed by atoms with Crippen molar-refractivity contribution in [1.29, 1.82) is 0 Å². The van der Waals surface area contributed by atoms with Crippen molar-refractivity contribution in [1.82, 2.24) is 10.3 Å². The van der Waals surface area contributed by atoms with Crippen LogP contribution in [0, 0.1) is 0 Å². The fraction of sp³-hybridized carbons (Fsp3) is 0.304. The predicted octanol–water partition coefficient (Wildman–Crippen LogP) is 6.48. The van der Waals surface area contributed by atoms with Crippen LogP contribution in [0.5, 0.6) is 0 Å². The van der Waals surface area contributed by atoms with Crippen LogP contribution in [0.3, 0.4) is 0 Å². The molecule has 8 heteroatoms. The molecule has 0 saturated carbocycles. The van der Waals surface area contributed by atoms with Gasteiger partial charge in [-0.1, -0.05) is 30.3 Å². The molecule has 4 nitrogen and oxygen atoms in total. The van der Waals surface area contributed by atoms with Crippen molar-refractivity contribution < 1.29 is 18.0 Å². The van der Waals surface area contributed by atoms with Crippen LogP contribution in [0.2, 0.25) is 0 Å². The summed E-state index contributed by atoms with van der Waals surface area (Å²) in [6, 6.07) is 3.46. The summed E-state index contributed by atoms with van der Waals surface area (Å²) in [6.45, 7) is 10.3. The lowest BCUT2D eigenvalue weighted by Crippen LogP contribution is -2.26. The number of rotatable bonds is 6. The van der Waals surface area contributed by atoms with Crippen LogP contribution in [0.1, 0.15) is 39.8 Å². The van der Waals surface area contributed by atoms with E-state index in [1.807, 2.05) is 12.3 Å². The SMILES string of the molecule is C/C(Cl)=C(\C)C(=O)NCC1=CCC=N1.C=C(C)/C(=C\C(=C/C)c1ccc[nH]1)C(F)(F)F. The molecule has 168 valence electrons. The number of halogens is 4. The van der Waals surface area contributed by atoms with E-state index < -0.39 is 11.7 Å². The molecule has 0 spiro atoms. The summed E-state index contributed by atoms with van der Waals surface area (Å²) in [7, 11) is 0. The number of aromatic amines is 1. The van der Waals surface area contributed by atoms with Gasteiger partial charge in [0.15, 0.2) is 0 Å². The first-order valence-corrected chi connectivity index (χ1v) is 9.92. The highest BCUT2D eigenvalue weighted by molar-refractivity contribution is 6.31. The first-order chi connectivity index (χ1) is 14.5. The number of amides is 1. The van der Waals surface area contributed by atoms with Crippen molar-refractivity contribution in [3.63, 3.8) is 0 Å². The second-order valence-electron chi connectivity index (χ2n) is 6.75. The molecule has 2 N–H and O–H groups in total. The Balaban J connectivity index is 0.000000316. The highest BCUT2D eigenvalue weighted by Crippen LogP contribution is 2.32. The van der Waals surface area contributed by atoms with Crippen LogP contribution >= 0.6 is 11.6 Å². The number of carbonyl (C=O) groups excluding carboxylic acids is 1. The average molecular weight is 454 g/mol. The van der Waals surface area contributed by atoms with Crippen molar-refractivity contribution in [2.45, 2.75) is 40.3 Å². The molecule has 1 aliphatic rings. The number of allylic oxidation sites excluding steroid dienone is 7. The van der Waals surface area contributed by atoms with Gasteiger partial charge in [-0.2, -0.15) is 13.2 Å². The third-order valence-electron chi connectivity index (χ3n) is 4.29. The summed E-state index contributed by atoms with van der Waals surface area (Å²) in [4.78, 5) is 18.4. The summed E-state index contributed by atoms with van der Waals surface area (Å²) < 4.78 is 38.2. The largest absolute Gasteiger partial charge is 0.416 e.